The Balaban J connectivity index is 1.82. The van der Waals surface area contributed by atoms with Gasteiger partial charge in [-0.25, -0.2) is 9.37 Å². The molecule has 3 rings (SSSR count). The van der Waals surface area contributed by atoms with Crippen molar-refractivity contribution in [1.29, 1.82) is 0 Å². The minimum absolute atomic E-state index is 0.139. The van der Waals surface area contributed by atoms with Crippen molar-refractivity contribution < 1.29 is 18.7 Å². The first-order valence-corrected chi connectivity index (χ1v) is 7.73. The number of aromatic nitrogens is 1. The number of benzene rings is 1. The molecule has 1 aromatic heterocycles. The number of thiazole rings is 1. The highest BCUT2D eigenvalue weighted by Crippen LogP contribution is 2.29. The molecule has 1 aromatic carbocycles. The molecule has 0 radical (unpaired) electrons. The first-order valence-electron chi connectivity index (χ1n) is 6.85. The van der Waals surface area contributed by atoms with Crippen LogP contribution < -0.4 is 4.74 Å². The van der Waals surface area contributed by atoms with E-state index >= 15 is 0 Å². The van der Waals surface area contributed by atoms with Crippen LogP contribution in [0.5, 0.6) is 5.75 Å². The molecule has 1 aliphatic heterocycles. The molecule has 1 saturated heterocycles. The van der Waals surface area contributed by atoms with Gasteiger partial charge in [-0.3, -0.25) is 4.79 Å². The lowest BCUT2D eigenvalue weighted by Crippen LogP contribution is -2.40. The predicted molar refractivity (Wildman–Crippen MR) is 80.8 cm³/mol. The number of carbonyl (C=O) groups excluding carboxylic acids is 1. The summed E-state index contributed by atoms with van der Waals surface area (Å²) in [7, 11) is 1.48. The number of halogens is 1. The largest absolute Gasteiger partial charge is 0.497 e. The summed E-state index contributed by atoms with van der Waals surface area (Å²) in [4.78, 5) is 18.3. The fraction of sp³-hybridized carbons (Fsp3) is 0.333. The Kier molecular flexibility index (Phi) is 4.35. The molecule has 1 amide bonds. The topological polar surface area (TPSA) is 51.7 Å². The van der Waals surface area contributed by atoms with E-state index in [9.17, 15) is 9.18 Å². The molecule has 0 atom stereocenters. The van der Waals surface area contributed by atoms with Crippen LogP contribution in [-0.2, 0) is 4.74 Å². The second kappa shape index (κ2) is 6.41. The first kappa shape index (κ1) is 14.9. The van der Waals surface area contributed by atoms with E-state index in [0.717, 1.165) is 0 Å². The summed E-state index contributed by atoms with van der Waals surface area (Å²) in [5.74, 6) is -0.110. The van der Waals surface area contributed by atoms with Gasteiger partial charge in [-0.15, -0.1) is 11.3 Å². The number of ether oxygens (including phenoxy) is 2. The molecular weight excluding hydrogens is 307 g/mol. The number of rotatable bonds is 3. The Morgan fingerprint density at radius 2 is 2.18 bits per heavy atom. The van der Waals surface area contributed by atoms with Crippen molar-refractivity contribution in [3.05, 3.63) is 35.1 Å². The van der Waals surface area contributed by atoms with E-state index in [1.54, 1.807) is 22.4 Å². The number of methoxy groups -OCH3 is 1. The van der Waals surface area contributed by atoms with Crippen molar-refractivity contribution >= 4 is 17.2 Å². The van der Waals surface area contributed by atoms with Gasteiger partial charge in [0.2, 0.25) is 0 Å². The Morgan fingerprint density at radius 1 is 1.41 bits per heavy atom. The smallest absolute Gasteiger partial charge is 0.273 e. The number of morpholine rings is 1. The number of amides is 1. The van der Waals surface area contributed by atoms with Gasteiger partial charge in [-0.2, -0.15) is 0 Å². The van der Waals surface area contributed by atoms with Gasteiger partial charge in [0.15, 0.2) is 0 Å². The van der Waals surface area contributed by atoms with Crippen molar-refractivity contribution in [1.82, 2.24) is 9.88 Å². The van der Waals surface area contributed by atoms with Crippen LogP contribution in [0.4, 0.5) is 4.39 Å². The Morgan fingerprint density at radius 3 is 2.86 bits per heavy atom. The highest BCUT2D eigenvalue weighted by molar-refractivity contribution is 7.13. The molecule has 0 bridgehead atoms. The first-order chi connectivity index (χ1) is 10.7. The normalized spacial score (nSPS) is 14.9. The maximum atomic E-state index is 14.1. The zero-order valence-electron chi connectivity index (χ0n) is 12.0. The van der Waals surface area contributed by atoms with Crippen LogP contribution in [0.1, 0.15) is 10.5 Å². The van der Waals surface area contributed by atoms with Crippen LogP contribution >= 0.6 is 11.3 Å². The maximum absolute atomic E-state index is 14.1. The molecule has 1 fully saturated rings. The van der Waals surface area contributed by atoms with Crippen molar-refractivity contribution in [3.8, 4) is 16.3 Å². The van der Waals surface area contributed by atoms with E-state index in [4.69, 9.17) is 9.47 Å². The van der Waals surface area contributed by atoms with Gasteiger partial charge < -0.3 is 14.4 Å². The van der Waals surface area contributed by atoms with Gasteiger partial charge in [0.05, 0.1) is 20.3 Å². The van der Waals surface area contributed by atoms with E-state index in [2.05, 4.69) is 4.98 Å². The number of hydrogen-bond acceptors (Lipinski definition) is 5. The monoisotopic (exact) mass is 322 g/mol. The summed E-state index contributed by atoms with van der Waals surface area (Å²) in [6.45, 7) is 2.19. The lowest BCUT2D eigenvalue weighted by Gasteiger charge is -2.25. The fourth-order valence-electron chi connectivity index (χ4n) is 2.22. The average molecular weight is 322 g/mol. The van der Waals surface area contributed by atoms with Gasteiger partial charge in [-0.05, 0) is 12.1 Å². The van der Waals surface area contributed by atoms with Crippen LogP contribution in [0.25, 0.3) is 10.6 Å². The second-order valence-electron chi connectivity index (χ2n) is 4.79. The van der Waals surface area contributed by atoms with Gasteiger partial charge >= 0.3 is 0 Å². The third kappa shape index (κ3) is 2.95. The van der Waals surface area contributed by atoms with Crippen molar-refractivity contribution in [3.63, 3.8) is 0 Å². The predicted octanol–water partition coefficient (Wildman–Crippen LogP) is 2.43. The summed E-state index contributed by atoms with van der Waals surface area (Å²) in [6, 6.07) is 4.58. The zero-order chi connectivity index (χ0) is 15.5. The lowest BCUT2D eigenvalue weighted by molar-refractivity contribution is 0.0299. The van der Waals surface area contributed by atoms with Gasteiger partial charge in [-0.1, -0.05) is 0 Å². The fourth-order valence-corrected chi connectivity index (χ4v) is 3.04. The Bertz CT molecular complexity index is 683. The van der Waals surface area contributed by atoms with E-state index in [-0.39, 0.29) is 5.91 Å². The molecule has 1 aliphatic rings. The quantitative estimate of drug-likeness (QED) is 0.871. The van der Waals surface area contributed by atoms with Crippen molar-refractivity contribution in [2.24, 2.45) is 0 Å². The summed E-state index contributed by atoms with van der Waals surface area (Å²) in [5.41, 5.74) is 0.712. The molecule has 0 N–H and O–H groups in total. The standard InChI is InChI=1S/C15H15FN2O3S/c1-20-10-2-3-11(12(16)8-10)14-17-13(9-22-14)15(19)18-4-6-21-7-5-18/h2-3,8-9H,4-7H2,1H3. The maximum Gasteiger partial charge on any atom is 0.273 e. The van der Waals surface area contributed by atoms with Crippen LogP contribution in [-0.4, -0.2) is 49.2 Å². The molecule has 7 heteroatoms. The van der Waals surface area contributed by atoms with Gasteiger partial charge in [0, 0.05) is 30.1 Å². The molecule has 5 nitrogen and oxygen atoms in total. The SMILES string of the molecule is COc1ccc(-c2nc(C(=O)N3CCOCC3)cs2)c(F)c1. The van der Waals surface area contributed by atoms with Gasteiger partial charge in [0.25, 0.3) is 5.91 Å². The van der Waals surface area contributed by atoms with Crippen LogP contribution in [0.15, 0.2) is 23.6 Å². The molecule has 116 valence electrons. The Labute approximate surface area is 131 Å². The summed E-state index contributed by atoms with van der Waals surface area (Å²) in [6.07, 6.45) is 0. The van der Waals surface area contributed by atoms with Crippen LogP contribution in [0.3, 0.4) is 0 Å². The minimum Gasteiger partial charge on any atom is -0.497 e. The molecule has 0 aliphatic carbocycles. The molecular formula is C15H15FN2O3S. The molecule has 22 heavy (non-hydrogen) atoms. The third-order valence-electron chi connectivity index (χ3n) is 3.43. The van der Waals surface area contributed by atoms with E-state index in [1.165, 1.54) is 24.5 Å². The molecule has 0 unspecified atom stereocenters. The van der Waals surface area contributed by atoms with Gasteiger partial charge in [0.1, 0.15) is 22.3 Å². The zero-order valence-corrected chi connectivity index (χ0v) is 12.9. The van der Waals surface area contributed by atoms with E-state index < -0.39 is 5.82 Å². The van der Waals surface area contributed by atoms with E-state index in [0.29, 0.717) is 48.3 Å². The summed E-state index contributed by atoms with van der Waals surface area (Å²) in [5, 5.41) is 2.15. The highest BCUT2D eigenvalue weighted by atomic mass is 32.1. The Hall–Kier alpha value is -1.99. The number of nitrogens with zero attached hydrogens (tertiary/aromatic N) is 2. The summed E-state index contributed by atoms with van der Waals surface area (Å²) < 4.78 is 24.3. The molecule has 2 heterocycles. The highest BCUT2D eigenvalue weighted by Gasteiger charge is 2.21. The minimum atomic E-state index is -0.418. The van der Waals surface area contributed by atoms with Crippen LogP contribution in [0.2, 0.25) is 0 Å². The molecule has 0 saturated carbocycles. The molecule has 2 aromatic rings. The molecule has 0 spiro atoms. The number of carbonyl (C=O) groups is 1. The second-order valence-corrected chi connectivity index (χ2v) is 5.65. The third-order valence-corrected chi connectivity index (χ3v) is 4.30. The summed E-state index contributed by atoms with van der Waals surface area (Å²) >= 11 is 1.25. The van der Waals surface area contributed by atoms with Crippen LogP contribution in [0, 0.1) is 5.82 Å². The van der Waals surface area contributed by atoms with E-state index in [1.807, 2.05) is 0 Å². The van der Waals surface area contributed by atoms with Crippen molar-refractivity contribution in [2.45, 2.75) is 0 Å². The lowest BCUT2D eigenvalue weighted by atomic mass is 10.2. The average Bonchev–Trinajstić information content (AvgIpc) is 3.04. The number of hydrogen-bond donors (Lipinski definition) is 0. The van der Waals surface area contributed by atoms with Crippen molar-refractivity contribution in [2.75, 3.05) is 33.4 Å².